The number of likely N-dealkylation sites (N-methyl/N-ethyl adjacent to an activating group) is 1. The van der Waals surface area contributed by atoms with Crippen LogP contribution in [0.15, 0.2) is 72.8 Å². The van der Waals surface area contributed by atoms with Gasteiger partial charge in [0.05, 0.1) is 42.7 Å². The summed E-state index contributed by atoms with van der Waals surface area (Å²) in [6, 6.07) is 17.9. The molecule has 2 aromatic carbocycles. The first-order chi connectivity index (χ1) is 39.0. The van der Waals surface area contributed by atoms with Crippen LogP contribution in [0.3, 0.4) is 0 Å². The van der Waals surface area contributed by atoms with Gasteiger partial charge in [-0.3, -0.25) is 33.7 Å². The smallest absolute Gasteiger partial charge is 0.355 e. The molecule has 5 rings (SSSR count). The second-order valence-electron chi connectivity index (χ2n) is 24.0. The van der Waals surface area contributed by atoms with Gasteiger partial charge in [-0.2, -0.15) is 0 Å². The third-order valence-corrected chi connectivity index (χ3v) is 16.7. The van der Waals surface area contributed by atoms with Crippen LogP contribution in [0.4, 0.5) is 0 Å². The van der Waals surface area contributed by atoms with E-state index in [4.69, 9.17) is 14.3 Å². The van der Waals surface area contributed by atoms with Crippen LogP contribution in [0.25, 0.3) is 0 Å². The molecular weight excluding hydrogens is 1050 g/mol. The number of aromatic nitrogens is 1. The normalized spacial score (nSPS) is 19.4. The molecule has 1 aromatic heterocycles. The summed E-state index contributed by atoms with van der Waals surface area (Å²) < 4.78 is 12.8. The van der Waals surface area contributed by atoms with Crippen LogP contribution < -0.4 is 26.1 Å². The molecule has 5 amide bonds. The number of likely N-dealkylation sites (tertiary alicyclic amines) is 1. The minimum atomic E-state index is -1.04. The number of rotatable bonds is 34. The van der Waals surface area contributed by atoms with Gasteiger partial charge in [0.25, 0.3) is 0 Å². The SMILES string of the molecule is CCC(C)C(CC1CC1C(=O)C(NC(=O)C(C(C)C)N(C)CCCC(=O)NC(CC(C)C)C(=O)On1c(O)ccc1O)C(C)C)C(CC(=O)N1CCCC1C(OC)C(C)C(=O)NC(Cc1ccccc1)C(=O)NCc1ccccc1)OC. The Morgan fingerprint density at radius 1 is 0.756 bits per heavy atom. The summed E-state index contributed by atoms with van der Waals surface area (Å²) in [5, 5.41) is 31.8. The van der Waals surface area contributed by atoms with Gasteiger partial charge in [-0.25, -0.2) is 4.79 Å². The highest BCUT2D eigenvalue weighted by atomic mass is 16.7. The van der Waals surface area contributed by atoms with E-state index in [9.17, 15) is 43.8 Å². The van der Waals surface area contributed by atoms with Crippen LogP contribution >= 0.6 is 0 Å². The summed E-state index contributed by atoms with van der Waals surface area (Å²) in [5.41, 5.74) is 1.84. The Bertz CT molecular complexity index is 2520. The van der Waals surface area contributed by atoms with E-state index >= 15 is 0 Å². The number of ketones is 1. The molecule has 2 fully saturated rings. The average Bonchev–Trinajstić information content (AvgIpc) is 3.84. The number of hydrogen-bond acceptors (Lipinski definition) is 13. The molecule has 6 N–H and O–H groups in total. The number of hydrogen-bond donors (Lipinski definition) is 6. The molecule has 1 aliphatic heterocycles. The molecule has 12 unspecified atom stereocenters. The third-order valence-electron chi connectivity index (χ3n) is 16.7. The number of benzene rings is 2. The maximum atomic E-state index is 14.5. The van der Waals surface area contributed by atoms with Crippen LogP contribution in [0.5, 0.6) is 11.8 Å². The van der Waals surface area contributed by atoms with E-state index in [1.54, 1.807) is 21.1 Å². The van der Waals surface area contributed by atoms with E-state index in [-0.39, 0.29) is 96.1 Å². The van der Waals surface area contributed by atoms with Crippen molar-refractivity contribution in [1.82, 2.24) is 35.8 Å². The van der Waals surface area contributed by atoms with Crippen molar-refractivity contribution >= 4 is 41.3 Å². The highest BCUT2D eigenvalue weighted by Gasteiger charge is 2.49. The zero-order valence-electron chi connectivity index (χ0n) is 50.6. The Morgan fingerprint density at radius 2 is 1.39 bits per heavy atom. The first-order valence-corrected chi connectivity index (χ1v) is 29.7. The summed E-state index contributed by atoms with van der Waals surface area (Å²) >= 11 is 0. The van der Waals surface area contributed by atoms with Crippen molar-refractivity contribution in [2.24, 2.45) is 47.3 Å². The number of Topliss-reactive ketones (excluding diaryl/α,β-unsaturated/α-hetero) is 1. The molecule has 1 saturated carbocycles. The van der Waals surface area contributed by atoms with Crippen LogP contribution in [-0.4, -0.2) is 143 Å². The lowest BCUT2D eigenvalue weighted by Gasteiger charge is -2.36. The number of carbonyl (C=O) groups is 7. The lowest BCUT2D eigenvalue weighted by Crippen LogP contribution is -2.54. The van der Waals surface area contributed by atoms with Crippen LogP contribution in [0.2, 0.25) is 0 Å². The highest BCUT2D eigenvalue weighted by molar-refractivity contribution is 5.94. The van der Waals surface area contributed by atoms with Crippen LogP contribution in [0.1, 0.15) is 131 Å². The molecule has 19 nitrogen and oxygen atoms in total. The first-order valence-electron chi connectivity index (χ1n) is 29.7. The Hall–Kier alpha value is -6.31. The molecule has 3 aromatic rings. The number of aromatic hydroxyl groups is 2. The molecule has 0 radical (unpaired) electrons. The minimum Gasteiger partial charge on any atom is -0.492 e. The predicted molar refractivity (Wildman–Crippen MR) is 313 cm³/mol. The van der Waals surface area contributed by atoms with E-state index < -0.39 is 65.9 Å². The average molecular weight is 1140 g/mol. The Labute approximate surface area is 486 Å². The maximum Gasteiger partial charge on any atom is 0.355 e. The zero-order valence-corrected chi connectivity index (χ0v) is 50.6. The highest BCUT2D eigenvalue weighted by Crippen LogP contribution is 2.48. The number of carbonyl (C=O) groups excluding carboxylic acids is 7. The molecule has 12 atom stereocenters. The Morgan fingerprint density at radius 3 is 1.96 bits per heavy atom. The number of nitrogens with one attached hydrogen (secondary N) is 4. The van der Waals surface area contributed by atoms with Gasteiger partial charge in [-0.1, -0.05) is 129 Å². The summed E-state index contributed by atoms with van der Waals surface area (Å²) in [6.07, 6.45) is 3.55. The van der Waals surface area contributed by atoms with E-state index in [1.165, 1.54) is 12.1 Å². The standard InChI is InChI=1S/C63H95N7O12/c1-13-41(8)46(51(80-11)36-55(74)69-31-20-26-50(69)59(81-12)42(9)60(76)66-48(33-43-22-16-14-17-23-43)61(77)64-37-44-24-18-15-19-25-44)34-45-35-47(45)58(75)56(39(4)5)67-62(78)57(40(6)7)68(10)30-21-27-52(71)65-49(32-38(2)3)63(79)82-70-53(72)28-29-54(70)73/h14-19,22-25,28-29,38-42,45-51,56-57,59,72-73H,13,20-21,26-27,30-37H2,1-12H3,(H,64,77)(H,65,71)(H,66,76)(H,67,78). The minimum absolute atomic E-state index is 0.00642. The number of methoxy groups -OCH3 is 2. The summed E-state index contributed by atoms with van der Waals surface area (Å²) in [7, 11) is 5.00. The van der Waals surface area contributed by atoms with E-state index in [0.717, 1.165) is 24.0 Å². The van der Waals surface area contributed by atoms with Gasteiger partial charge in [-0.15, -0.1) is 4.73 Å². The van der Waals surface area contributed by atoms with Crippen molar-refractivity contribution in [3.05, 3.63) is 83.9 Å². The van der Waals surface area contributed by atoms with Gasteiger partial charge < -0.3 is 50.7 Å². The fraction of sp³-hybridized carbons (Fsp3) is 0.635. The van der Waals surface area contributed by atoms with Crippen LogP contribution in [-0.2, 0) is 56.0 Å². The fourth-order valence-electron chi connectivity index (χ4n) is 11.8. The molecular formula is C63H95N7O12. The van der Waals surface area contributed by atoms with Crippen molar-refractivity contribution in [2.45, 2.75) is 175 Å². The number of amides is 5. The topological polar surface area (TPSA) is 247 Å². The maximum absolute atomic E-state index is 14.5. The van der Waals surface area contributed by atoms with Crippen LogP contribution in [0, 0.1) is 47.3 Å². The molecule has 454 valence electrons. The quantitative estimate of drug-likeness (QED) is 0.0369. The molecule has 0 bridgehead atoms. The molecule has 1 saturated heterocycles. The van der Waals surface area contributed by atoms with Crippen molar-refractivity contribution in [1.29, 1.82) is 0 Å². The van der Waals surface area contributed by atoms with Gasteiger partial charge >= 0.3 is 5.97 Å². The summed E-state index contributed by atoms with van der Waals surface area (Å²) in [5.74, 6) is -4.35. The second kappa shape index (κ2) is 31.9. The first kappa shape index (κ1) is 66.5. The van der Waals surface area contributed by atoms with Crippen molar-refractivity contribution in [3.8, 4) is 11.8 Å². The van der Waals surface area contributed by atoms with Gasteiger partial charge in [0.15, 0.2) is 5.78 Å². The molecule has 82 heavy (non-hydrogen) atoms. The predicted octanol–water partition coefficient (Wildman–Crippen LogP) is 6.61. The summed E-state index contributed by atoms with van der Waals surface area (Å²) in [4.78, 5) is 106. The number of nitrogens with zero attached hydrogens (tertiary/aromatic N) is 3. The fourth-order valence-corrected chi connectivity index (χ4v) is 11.8. The van der Waals surface area contributed by atoms with E-state index in [2.05, 4.69) is 35.1 Å². The third kappa shape index (κ3) is 18.9. The molecule has 0 spiro atoms. The monoisotopic (exact) mass is 1140 g/mol. The largest absolute Gasteiger partial charge is 0.492 e. The van der Waals surface area contributed by atoms with Gasteiger partial charge in [-0.05, 0) is 98.8 Å². The lowest BCUT2D eigenvalue weighted by atomic mass is 9.80. The van der Waals surface area contributed by atoms with Crippen molar-refractivity contribution in [3.63, 3.8) is 0 Å². The molecule has 19 heteroatoms. The molecule has 2 aliphatic rings. The molecule has 1 aliphatic carbocycles. The summed E-state index contributed by atoms with van der Waals surface area (Å²) in [6.45, 7) is 18.7. The number of ether oxygens (including phenoxy) is 2. The van der Waals surface area contributed by atoms with Crippen molar-refractivity contribution < 1.29 is 58.1 Å². The van der Waals surface area contributed by atoms with E-state index in [0.29, 0.717) is 56.5 Å². The van der Waals surface area contributed by atoms with Gasteiger partial charge in [0.1, 0.15) is 12.1 Å². The molecule has 2 heterocycles. The Balaban J connectivity index is 1.17. The zero-order chi connectivity index (χ0) is 60.4. The van der Waals surface area contributed by atoms with E-state index in [1.807, 2.05) is 119 Å². The second-order valence-corrected chi connectivity index (χ2v) is 24.0. The van der Waals surface area contributed by atoms with Gasteiger partial charge in [0, 0.05) is 58.2 Å². The lowest BCUT2D eigenvalue weighted by molar-refractivity contribution is -0.150. The van der Waals surface area contributed by atoms with Gasteiger partial charge in [0.2, 0.25) is 41.3 Å². The van der Waals surface area contributed by atoms with Crippen molar-refractivity contribution in [2.75, 3.05) is 34.4 Å². The Kier molecular flexibility index (Phi) is 25.9.